The molecule has 36 heavy (non-hydrogen) atoms. The lowest BCUT2D eigenvalue weighted by Crippen LogP contribution is -2.83. The first-order chi connectivity index (χ1) is 17.0. The number of carbonyl (C=O) groups excluding carboxylic acids is 1. The van der Waals surface area contributed by atoms with E-state index >= 15 is 0 Å². The van der Waals surface area contributed by atoms with Crippen LogP contribution < -0.4 is 10.6 Å². The van der Waals surface area contributed by atoms with Gasteiger partial charge in [-0.15, -0.1) is 6.42 Å². The number of terminal acetylenes is 1. The van der Waals surface area contributed by atoms with Crippen LogP contribution in [-0.2, 0) is 11.2 Å². The van der Waals surface area contributed by atoms with Crippen LogP contribution in [0, 0.1) is 18.2 Å². The van der Waals surface area contributed by atoms with Gasteiger partial charge < -0.3 is 20.6 Å². The van der Waals surface area contributed by atoms with Crippen molar-refractivity contribution in [1.29, 1.82) is 0 Å². The third-order valence-corrected chi connectivity index (χ3v) is 6.94. The maximum atomic E-state index is 13.5. The monoisotopic (exact) mass is 503 g/mol. The molecule has 3 saturated carbocycles. The minimum absolute atomic E-state index is 0.0425. The number of carbonyl (C=O) groups is 2. The highest BCUT2D eigenvalue weighted by Crippen LogP contribution is 2.60. The summed E-state index contributed by atoms with van der Waals surface area (Å²) in [7, 11) is 0. The molecule has 2 aromatic rings. The molecule has 1 heterocycles. The molecule has 2 bridgehead atoms. The number of hydrogen-bond acceptors (Lipinski definition) is 3. The molecule has 0 spiro atoms. The van der Waals surface area contributed by atoms with Gasteiger partial charge in [0.15, 0.2) is 0 Å². The second-order valence-corrected chi connectivity index (χ2v) is 9.48. The number of carboxylic acid groups (broad SMARTS) is 1. The van der Waals surface area contributed by atoms with Gasteiger partial charge in [0, 0.05) is 17.6 Å². The van der Waals surface area contributed by atoms with Crippen LogP contribution in [0.2, 0.25) is 0 Å². The number of nitrogens with one attached hydrogen (secondary N) is 2. The Morgan fingerprint density at radius 3 is 2.28 bits per heavy atom. The van der Waals surface area contributed by atoms with Crippen molar-refractivity contribution in [3.8, 4) is 12.3 Å². The molecule has 4 aliphatic rings. The number of benzene rings is 2. The Hall–Kier alpha value is -3.58. The highest BCUT2D eigenvalue weighted by molar-refractivity contribution is 5.78. The fourth-order valence-electron chi connectivity index (χ4n) is 5.44. The molecule has 1 aliphatic heterocycles. The molecule has 2 amide bonds. The number of fused-ring (bicyclic) bond motifs is 1. The first-order valence-corrected chi connectivity index (χ1v) is 11.4. The molecule has 0 radical (unpaired) electrons. The topological polar surface area (TPSA) is 81.7 Å². The lowest BCUT2D eigenvalue weighted by molar-refractivity contribution is -0.192. The molecule has 0 aromatic heterocycles. The van der Waals surface area contributed by atoms with Crippen LogP contribution in [0.4, 0.5) is 22.4 Å². The number of amides is 2. The number of carboxylic acids is 1. The van der Waals surface area contributed by atoms with Crippen LogP contribution in [-0.4, -0.2) is 52.4 Å². The van der Waals surface area contributed by atoms with Gasteiger partial charge in [0.05, 0.1) is 12.6 Å². The van der Waals surface area contributed by atoms with E-state index in [1.165, 1.54) is 17.7 Å². The minimum atomic E-state index is -5.08. The van der Waals surface area contributed by atoms with Gasteiger partial charge in [-0.1, -0.05) is 42.3 Å². The highest BCUT2D eigenvalue weighted by atomic mass is 19.4. The number of aliphatic carboxylic acids is 1. The average molecular weight is 503 g/mol. The van der Waals surface area contributed by atoms with Crippen LogP contribution in [0.3, 0.4) is 0 Å². The average Bonchev–Trinajstić information content (AvgIpc) is 2.79. The normalized spacial score (nSPS) is 25.6. The van der Waals surface area contributed by atoms with Crippen molar-refractivity contribution in [2.45, 2.75) is 49.0 Å². The Balaban J connectivity index is 0.000000384. The zero-order valence-electron chi connectivity index (χ0n) is 19.2. The van der Waals surface area contributed by atoms with Crippen molar-refractivity contribution in [2.75, 3.05) is 13.1 Å². The lowest BCUT2D eigenvalue weighted by Gasteiger charge is -2.70. The molecule has 190 valence electrons. The van der Waals surface area contributed by atoms with E-state index in [4.69, 9.17) is 16.3 Å². The van der Waals surface area contributed by atoms with Crippen molar-refractivity contribution in [3.05, 3.63) is 71.0 Å². The third kappa shape index (κ3) is 5.02. The van der Waals surface area contributed by atoms with Crippen LogP contribution >= 0.6 is 0 Å². The molecule has 6 rings (SSSR count). The van der Waals surface area contributed by atoms with Crippen molar-refractivity contribution < 1.29 is 32.3 Å². The standard InChI is InChI=1S/C24H24FN3O.C2HF3O2/c1-2-12-26-23-14-24(15-23,16-23)27-22(29)28-13-11-17-5-3-4-6-20(17)21(28)18-7-9-19(25)10-8-18;3-2(4,5)1(6)7/h1,3-10,21,26H,11-16H2,(H,27,29);(H,6,7)/t21-,23?,24?;/m0./s1. The molecule has 3 aliphatic carbocycles. The largest absolute Gasteiger partial charge is 0.490 e. The molecule has 1 atom stereocenters. The van der Waals surface area contributed by atoms with Gasteiger partial charge >= 0.3 is 18.2 Å². The summed E-state index contributed by atoms with van der Waals surface area (Å²) >= 11 is 0. The Morgan fingerprint density at radius 1 is 1.08 bits per heavy atom. The number of hydrogen-bond donors (Lipinski definition) is 3. The van der Waals surface area contributed by atoms with Crippen molar-refractivity contribution in [1.82, 2.24) is 15.5 Å². The predicted molar refractivity (Wildman–Crippen MR) is 123 cm³/mol. The lowest BCUT2D eigenvalue weighted by atomic mass is 9.44. The molecule has 3 N–H and O–H groups in total. The number of nitrogens with zero attached hydrogens (tertiary/aromatic N) is 1. The van der Waals surface area contributed by atoms with Gasteiger partial charge in [-0.05, 0) is 54.5 Å². The van der Waals surface area contributed by atoms with Crippen molar-refractivity contribution in [2.24, 2.45) is 0 Å². The quantitative estimate of drug-likeness (QED) is 0.435. The van der Waals surface area contributed by atoms with Gasteiger partial charge in [-0.25, -0.2) is 14.0 Å². The van der Waals surface area contributed by atoms with E-state index in [9.17, 15) is 22.4 Å². The SMILES string of the molecule is C#CCNC12CC(NC(=O)N3CCc4ccccc4[C@@H]3c3ccc(F)cc3)(C1)C2.O=C(O)C(F)(F)F. The molecule has 10 heteroatoms. The maximum Gasteiger partial charge on any atom is 0.490 e. The van der Waals surface area contributed by atoms with E-state index in [0.29, 0.717) is 13.1 Å². The molecule has 2 aromatic carbocycles. The van der Waals surface area contributed by atoms with Gasteiger partial charge in [0.25, 0.3) is 0 Å². The van der Waals surface area contributed by atoms with Crippen LogP contribution in [0.5, 0.6) is 0 Å². The first kappa shape index (κ1) is 25.5. The first-order valence-electron chi connectivity index (χ1n) is 11.4. The van der Waals surface area contributed by atoms with E-state index in [1.54, 1.807) is 12.1 Å². The summed E-state index contributed by atoms with van der Waals surface area (Å²) in [6.07, 6.45) is 3.88. The summed E-state index contributed by atoms with van der Waals surface area (Å²) in [5, 5.41) is 13.8. The molecule has 6 nitrogen and oxygen atoms in total. The molecule has 0 unspecified atom stereocenters. The molecule has 3 fully saturated rings. The Kier molecular flexibility index (Phi) is 6.71. The predicted octanol–water partition coefficient (Wildman–Crippen LogP) is 4.01. The van der Waals surface area contributed by atoms with Gasteiger partial charge in [0.1, 0.15) is 5.82 Å². The summed E-state index contributed by atoms with van der Waals surface area (Å²) in [5.41, 5.74) is 3.30. The van der Waals surface area contributed by atoms with E-state index in [0.717, 1.165) is 36.8 Å². The minimum Gasteiger partial charge on any atom is -0.475 e. The zero-order chi connectivity index (χ0) is 26.1. The summed E-state index contributed by atoms with van der Waals surface area (Å²) < 4.78 is 45.2. The van der Waals surface area contributed by atoms with E-state index in [-0.39, 0.29) is 29.0 Å². The fraction of sp³-hybridized carbons (Fsp3) is 0.385. The molecule has 0 saturated heterocycles. The van der Waals surface area contributed by atoms with Crippen LogP contribution in [0.15, 0.2) is 48.5 Å². The van der Waals surface area contributed by atoms with Crippen LogP contribution in [0.25, 0.3) is 0 Å². The van der Waals surface area contributed by atoms with Gasteiger partial charge in [0.2, 0.25) is 0 Å². The zero-order valence-corrected chi connectivity index (χ0v) is 19.2. The van der Waals surface area contributed by atoms with Crippen molar-refractivity contribution >= 4 is 12.0 Å². The van der Waals surface area contributed by atoms with Crippen LogP contribution in [0.1, 0.15) is 42.0 Å². The van der Waals surface area contributed by atoms with Gasteiger partial charge in [-0.2, -0.15) is 13.2 Å². The second kappa shape index (κ2) is 9.47. The Labute approximate surface area is 205 Å². The van der Waals surface area contributed by atoms with E-state index in [1.807, 2.05) is 17.0 Å². The Bertz CT molecular complexity index is 1170. The maximum absolute atomic E-state index is 13.5. The highest BCUT2D eigenvalue weighted by Gasteiger charge is 2.68. The fourth-order valence-corrected chi connectivity index (χ4v) is 5.44. The van der Waals surface area contributed by atoms with E-state index in [2.05, 4.69) is 28.7 Å². The molecular formula is C26H25F4N3O3. The number of rotatable bonds is 4. The summed E-state index contributed by atoms with van der Waals surface area (Å²) in [6.45, 7) is 1.21. The summed E-state index contributed by atoms with van der Waals surface area (Å²) in [6, 6.07) is 14.4. The van der Waals surface area contributed by atoms with E-state index < -0.39 is 12.1 Å². The summed E-state index contributed by atoms with van der Waals surface area (Å²) in [4.78, 5) is 24.1. The number of urea groups is 1. The summed E-state index contributed by atoms with van der Waals surface area (Å²) in [5.74, 6) is -0.402. The second-order valence-electron chi connectivity index (χ2n) is 9.48. The third-order valence-electron chi connectivity index (χ3n) is 6.94. The smallest absolute Gasteiger partial charge is 0.475 e. The van der Waals surface area contributed by atoms with Crippen molar-refractivity contribution in [3.63, 3.8) is 0 Å². The number of halogens is 4. The molecular weight excluding hydrogens is 478 g/mol. The number of alkyl halides is 3. The van der Waals surface area contributed by atoms with Gasteiger partial charge in [-0.3, -0.25) is 0 Å². The Morgan fingerprint density at radius 2 is 1.69 bits per heavy atom.